The molecule has 0 atom stereocenters. The number of benzene rings is 1. The van der Waals surface area contributed by atoms with Crippen LogP contribution in [0.3, 0.4) is 0 Å². The lowest BCUT2D eigenvalue weighted by atomic mass is 10.0. The molecular formula is C16H21N3. The predicted molar refractivity (Wildman–Crippen MR) is 80.6 cm³/mol. The number of hydrogen-bond donors (Lipinski definition) is 1. The summed E-state index contributed by atoms with van der Waals surface area (Å²) in [4.78, 5) is 9.35. The van der Waals surface area contributed by atoms with Gasteiger partial charge in [-0.3, -0.25) is 0 Å². The smallest absolute Gasteiger partial charge is 0.162 e. The summed E-state index contributed by atoms with van der Waals surface area (Å²) in [7, 11) is 1.91. The van der Waals surface area contributed by atoms with Crippen molar-refractivity contribution < 1.29 is 0 Å². The molecular weight excluding hydrogens is 234 g/mol. The highest BCUT2D eigenvalue weighted by Crippen LogP contribution is 2.26. The van der Waals surface area contributed by atoms with E-state index in [2.05, 4.69) is 61.2 Å². The van der Waals surface area contributed by atoms with Crippen LogP contribution in [0, 0.1) is 20.8 Å². The second-order valence-corrected chi connectivity index (χ2v) is 4.81. The molecule has 1 aromatic carbocycles. The van der Waals surface area contributed by atoms with Crippen molar-refractivity contribution in [2.45, 2.75) is 34.1 Å². The molecule has 2 aromatic rings. The second-order valence-electron chi connectivity index (χ2n) is 4.81. The molecule has 1 heterocycles. The van der Waals surface area contributed by atoms with Gasteiger partial charge in [-0.25, -0.2) is 9.97 Å². The molecule has 0 fully saturated rings. The van der Waals surface area contributed by atoms with Gasteiger partial charge in [0.15, 0.2) is 5.82 Å². The molecule has 0 radical (unpaired) electrons. The summed E-state index contributed by atoms with van der Waals surface area (Å²) in [6, 6.07) is 6.26. The number of nitrogens with zero attached hydrogens (tertiary/aromatic N) is 2. The SMILES string of the molecule is CCc1c(C)nc(-c2cccc(C)c2C)nc1NC. The minimum atomic E-state index is 0.806. The van der Waals surface area contributed by atoms with Gasteiger partial charge in [0.2, 0.25) is 0 Å². The van der Waals surface area contributed by atoms with Crippen molar-refractivity contribution in [1.29, 1.82) is 0 Å². The van der Waals surface area contributed by atoms with E-state index in [0.717, 1.165) is 29.3 Å². The van der Waals surface area contributed by atoms with Gasteiger partial charge in [-0.1, -0.05) is 25.1 Å². The van der Waals surface area contributed by atoms with E-state index in [9.17, 15) is 0 Å². The first-order valence-electron chi connectivity index (χ1n) is 6.70. The van der Waals surface area contributed by atoms with Crippen molar-refractivity contribution in [2.24, 2.45) is 0 Å². The Hall–Kier alpha value is -1.90. The number of rotatable bonds is 3. The normalized spacial score (nSPS) is 10.6. The molecule has 0 bridgehead atoms. The van der Waals surface area contributed by atoms with Crippen molar-refractivity contribution in [3.63, 3.8) is 0 Å². The van der Waals surface area contributed by atoms with Crippen LogP contribution in [0.2, 0.25) is 0 Å². The number of aryl methyl sites for hydroxylation is 2. The van der Waals surface area contributed by atoms with E-state index in [4.69, 9.17) is 0 Å². The maximum absolute atomic E-state index is 4.67. The van der Waals surface area contributed by atoms with Gasteiger partial charge in [-0.2, -0.15) is 0 Å². The lowest BCUT2D eigenvalue weighted by molar-refractivity contribution is 1.00. The van der Waals surface area contributed by atoms with Crippen molar-refractivity contribution in [3.05, 3.63) is 40.6 Å². The number of hydrogen-bond acceptors (Lipinski definition) is 3. The maximum Gasteiger partial charge on any atom is 0.162 e. The summed E-state index contributed by atoms with van der Waals surface area (Å²) in [5.74, 6) is 1.74. The summed E-state index contributed by atoms with van der Waals surface area (Å²) in [6.45, 7) is 8.42. The van der Waals surface area contributed by atoms with Gasteiger partial charge in [-0.15, -0.1) is 0 Å². The van der Waals surface area contributed by atoms with Gasteiger partial charge >= 0.3 is 0 Å². The Morgan fingerprint density at radius 2 is 1.84 bits per heavy atom. The molecule has 2 rings (SSSR count). The van der Waals surface area contributed by atoms with Crippen molar-refractivity contribution in [2.75, 3.05) is 12.4 Å². The Kier molecular flexibility index (Phi) is 3.84. The average molecular weight is 255 g/mol. The van der Waals surface area contributed by atoms with Crippen LogP contribution in [0.4, 0.5) is 5.82 Å². The monoisotopic (exact) mass is 255 g/mol. The first-order valence-corrected chi connectivity index (χ1v) is 6.70. The Labute approximate surface area is 115 Å². The minimum Gasteiger partial charge on any atom is -0.373 e. The Bertz CT molecular complexity index is 603. The van der Waals surface area contributed by atoms with Gasteiger partial charge in [0.05, 0.1) is 0 Å². The van der Waals surface area contributed by atoms with Crippen molar-refractivity contribution in [1.82, 2.24) is 9.97 Å². The lowest BCUT2D eigenvalue weighted by Crippen LogP contribution is -2.05. The van der Waals surface area contributed by atoms with Crippen LogP contribution in [0.15, 0.2) is 18.2 Å². The predicted octanol–water partition coefficient (Wildman–Crippen LogP) is 3.67. The fraction of sp³-hybridized carbons (Fsp3) is 0.375. The summed E-state index contributed by atoms with van der Waals surface area (Å²) in [5, 5.41) is 3.18. The third-order valence-corrected chi connectivity index (χ3v) is 3.65. The molecule has 0 saturated carbocycles. The highest BCUT2D eigenvalue weighted by molar-refractivity contribution is 5.64. The molecule has 100 valence electrons. The quantitative estimate of drug-likeness (QED) is 0.909. The fourth-order valence-electron chi connectivity index (χ4n) is 2.34. The molecule has 19 heavy (non-hydrogen) atoms. The topological polar surface area (TPSA) is 37.8 Å². The van der Waals surface area contributed by atoms with E-state index < -0.39 is 0 Å². The van der Waals surface area contributed by atoms with Gasteiger partial charge in [-0.05, 0) is 38.3 Å². The molecule has 0 unspecified atom stereocenters. The van der Waals surface area contributed by atoms with Crippen LogP contribution in [0.25, 0.3) is 11.4 Å². The zero-order valence-electron chi connectivity index (χ0n) is 12.3. The van der Waals surface area contributed by atoms with Crippen LogP contribution in [-0.2, 0) is 6.42 Å². The zero-order valence-corrected chi connectivity index (χ0v) is 12.3. The lowest BCUT2D eigenvalue weighted by Gasteiger charge is -2.13. The molecule has 1 N–H and O–H groups in total. The summed E-state index contributed by atoms with van der Waals surface area (Å²) in [5.41, 5.74) is 5.87. The van der Waals surface area contributed by atoms with Gasteiger partial charge in [0.25, 0.3) is 0 Å². The third-order valence-electron chi connectivity index (χ3n) is 3.65. The van der Waals surface area contributed by atoms with Crippen LogP contribution >= 0.6 is 0 Å². The highest BCUT2D eigenvalue weighted by Gasteiger charge is 2.12. The van der Waals surface area contributed by atoms with E-state index in [0.29, 0.717) is 0 Å². The average Bonchev–Trinajstić information content (AvgIpc) is 2.40. The Morgan fingerprint density at radius 3 is 2.47 bits per heavy atom. The van der Waals surface area contributed by atoms with E-state index in [1.807, 2.05) is 7.05 Å². The molecule has 1 aromatic heterocycles. The summed E-state index contributed by atoms with van der Waals surface area (Å²) in [6.07, 6.45) is 0.940. The van der Waals surface area contributed by atoms with Gasteiger partial charge < -0.3 is 5.32 Å². The Morgan fingerprint density at radius 1 is 1.11 bits per heavy atom. The maximum atomic E-state index is 4.67. The van der Waals surface area contributed by atoms with Gasteiger partial charge in [0.1, 0.15) is 5.82 Å². The molecule has 0 spiro atoms. The van der Waals surface area contributed by atoms with Crippen LogP contribution in [0.1, 0.15) is 29.3 Å². The highest BCUT2D eigenvalue weighted by atomic mass is 15.0. The van der Waals surface area contributed by atoms with Crippen LogP contribution in [-0.4, -0.2) is 17.0 Å². The third kappa shape index (κ3) is 2.46. The molecule has 0 aliphatic carbocycles. The van der Waals surface area contributed by atoms with Crippen molar-refractivity contribution >= 4 is 5.82 Å². The Balaban J connectivity index is 2.63. The van der Waals surface area contributed by atoms with Crippen LogP contribution < -0.4 is 5.32 Å². The minimum absolute atomic E-state index is 0.806. The van der Waals surface area contributed by atoms with E-state index in [1.54, 1.807) is 0 Å². The molecule has 0 aliphatic rings. The van der Waals surface area contributed by atoms with E-state index >= 15 is 0 Å². The van der Waals surface area contributed by atoms with E-state index in [1.165, 1.54) is 16.7 Å². The summed E-state index contributed by atoms with van der Waals surface area (Å²) >= 11 is 0. The molecule has 0 saturated heterocycles. The van der Waals surface area contributed by atoms with Crippen LogP contribution in [0.5, 0.6) is 0 Å². The number of anilines is 1. The largest absolute Gasteiger partial charge is 0.373 e. The number of aromatic nitrogens is 2. The number of nitrogens with one attached hydrogen (secondary N) is 1. The zero-order chi connectivity index (χ0) is 14.0. The first-order chi connectivity index (χ1) is 9.08. The van der Waals surface area contributed by atoms with E-state index in [-0.39, 0.29) is 0 Å². The molecule has 0 aliphatic heterocycles. The molecule has 0 amide bonds. The molecule has 3 nitrogen and oxygen atoms in total. The standard InChI is InChI=1S/C16H21N3/c1-6-13-12(4)18-16(19-15(13)17-5)14-9-7-8-10(2)11(14)3/h7-9H,6H2,1-5H3,(H,17,18,19). The first kappa shape index (κ1) is 13.5. The van der Waals surface area contributed by atoms with Crippen molar-refractivity contribution in [3.8, 4) is 11.4 Å². The molecule has 3 heteroatoms. The van der Waals surface area contributed by atoms with Gasteiger partial charge in [0, 0.05) is 23.9 Å². The summed E-state index contributed by atoms with van der Waals surface area (Å²) < 4.78 is 0. The second kappa shape index (κ2) is 5.39. The fourth-order valence-corrected chi connectivity index (χ4v) is 2.34.